The Morgan fingerprint density at radius 2 is 1.96 bits per heavy atom. The van der Waals surface area contributed by atoms with Crippen molar-refractivity contribution >= 4 is 21.6 Å². The maximum atomic E-state index is 12.8. The predicted molar refractivity (Wildman–Crippen MR) is 95.8 cm³/mol. The van der Waals surface area contributed by atoms with Crippen LogP contribution in [-0.2, 0) is 10.0 Å². The number of sulfonamides is 1. The van der Waals surface area contributed by atoms with Gasteiger partial charge in [0.25, 0.3) is 5.91 Å². The molecule has 7 heteroatoms. The van der Waals surface area contributed by atoms with Crippen molar-refractivity contribution in [2.45, 2.75) is 37.1 Å². The van der Waals surface area contributed by atoms with Gasteiger partial charge in [-0.2, -0.15) is 4.31 Å². The van der Waals surface area contributed by atoms with Crippen molar-refractivity contribution in [2.75, 3.05) is 11.9 Å². The molecule has 0 aliphatic carbocycles. The zero-order chi connectivity index (χ0) is 17.9. The molecule has 0 unspecified atom stereocenters. The van der Waals surface area contributed by atoms with Crippen molar-refractivity contribution in [2.24, 2.45) is 0 Å². The van der Waals surface area contributed by atoms with E-state index in [1.165, 1.54) is 18.3 Å². The molecule has 1 aliphatic heterocycles. The minimum absolute atomic E-state index is 0.0173. The van der Waals surface area contributed by atoms with E-state index < -0.39 is 10.0 Å². The van der Waals surface area contributed by atoms with E-state index >= 15 is 0 Å². The van der Waals surface area contributed by atoms with Crippen LogP contribution >= 0.6 is 0 Å². The molecule has 1 aliphatic rings. The molecule has 1 aromatic heterocycles. The number of hydrogen-bond donors (Lipinski definition) is 1. The first kappa shape index (κ1) is 17.6. The van der Waals surface area contributed by atoms with Gasteiger partial charge < -0.3 is 5.32 Å². The normalized spacial score (nSPS) is 18.7. The monoisotopic (exact) mass is 359 g/mol. The lowest BCUT2D eigenvalue weighted by Crippen LogP contribution is -2.41. The van der Waals surface area contributed by atoms with Crippen LogP contribution in [0.3, 0.4) is 0 Å². The zero-order valence-electron chi connectivity index (χ0n) is 14.1. The highest BCUT2D eigenvalue weighted by atomic mass is 32.2. The van der Waals surface area contributed by atoms with E-state index in [2.05, 4.69) is 10.3 Å². The molecule has 0 radical (unpaired) electrons. The number of rotatable bonds is 4. The van der Waals surface area contributed by atoms with Gasteiger partial charge in [-0.1, -0.05) is 6.42 Å². The smallest absolute Gasteiger partial charge is 0.257 e. The second-order valence-corrected chi connectivity index (χ2v) is 8.07. The first-order valence-electron chi connectivity index (χ1n) is 8.32. The number of aromatic nitrogens is 1. The van der Waals surface area contributed by atoms with Crippen molar-refractivity contribution in [1.29, 1.82) is 0 Å². The molecule has 1 aromatic carbocycles. The molecule has 25 heavy (non-hydrogen) atoms. The van der Waals surface area contributed by atoms with Gasteiger partial charge in [0.1, 0.15) is 0 Å². The lowest BCUT2D eigenvalue weighted by atomic mass is 10.1. The Bertz CT molecular complexity index is 836. The van der Waals surface area contributed by atoms with Crippen LogP contribution < -0.4 is 5.32 Å². The fourth-order valence-electron chi connectivity index (χ4n) is 2.97. The summed E-state index contributed by atoms with van der Waals surface area (Å²) in [5.74, 6) is -0.284. The summed E-state index contributed by atoms with van der Waals surface area (Å²) in [7, 11) is -3.50. The van der Waals surface area contributed by atoms with Crippen LogP contribution in [0.4, 0.5) is 5.69 Å². The summed E-state index contributed by atoms with van der Waals surface area (Å²) in [6.45, 7) is 2.50. The number of nitrogens with zero attached hydrogens (tertiary/aromatic N) is 2. The van der Waals surface area contributed by atoms with Crippen molar-refractivity contribution in [3.63, 3.8) is 0 Å². The number of carbonyl (C=O) groups excluding carboxylic acids is 1. The molecule has 1 amide bonds. The van der Waals surface area contributed by atoms with Crippen molar-refractivity contribution < 1.29 is 13.2 Å². The highest BCUT2D eigenvalue weighted by Crippen LogP contribution is 2.25. The van der Waals surface area contributed by atoms with Crippen LogP contribution in [-0.4, -0.2) is 36.2 Å². The second kappa shape index (κ2) is 7.33. The third-order valence-electron chi connectivity index (χ3n) is 4.38. The van der Waals surface area contributed by atoms with E-state index in [4.69, 9.17) is 0 Å². The van der Waals surface area contributed by atoms with Crippen LogP contribution in [0, 0.1) is 0 Å². The number of nitrogens with one attached hydrogen (secondary N) is 1. The molecule has 1 atom stereocenters. The highest BCUT2D eigenvalue weighted by Gasteiger charge is 2.30. The predicted octanol–water partition coefficient (Wildman–Crippen LogP) is 2.90. The summed E-state index contributed by atoms with van der Waals surface area (Å²) in [5, 5.41) is 2.74. The van der Waals surface area contributed by atoms with Crippen molar-refractivity contribution in [1.82, 2.24) is 9.29 Å². The average Bonchev–Trinajstić information content (AvgIpc) is 2.63. The van der Waals surface area contributed by atoms with Crippen LogP contribution in [0.1, 0.15) is 36.5 Å². The summed E-state index contributed by atoms with van der Waals surface area (Å²) in [4.78, 5) is 16.3. The fourth-order valence-corrected chi connectivity index (χ4v) is 4.67. The van der Waals surface area contributed by atoms with Gasteiger partial charge in [-0.25, -0.2) is 8.42 Å². The fraction of sp³-hybridized carbons (Fsp3) is 0.333. The van der Waals surface area contributed by atoms with E-state index in [1.54, 1.807) is 34.8 Å². The Hall–Kier alpha value is -2.25. The summed E-state index contributed by atoms with van der Waals surface area (Å²) < 4.78 is 27.1. The Morgan fingerprint density at radius 3 is 2.60 bits per heavy atom. The highest BCUT2D eigenvalue weighted by molar-refractivity contribution is 7.89. The second-order valence-electron chi connectivity index (χ2n) is 6.18. The van der Waals surface area contributed by atoms with Crippen LogP contribution in [0.5, 0.6) is 0 Å². The quantitative estimate of drug-likeness (QED) is 0.910. The molecule has 2 heterocycles. The van der Waals surface area contributed by atoms with Crippen molar-refractivity contribution in [3.8, 4) is 0 Å². The number of anilines is 1. The Labute approximate surface area is 147 Å². The van der Waals surface area contributed by atoms with Gasteiger partial charge >= 0.3 is 0 Å². The first-order chi connectivity index (χ1) is 12.0. The summed E-state index contributed by atoms with van der Waals surface area (Å²) in [6.07, 6.45) is 5.91. The van der Waals surface area contributed by atoms with Gasteiger partial charge in [0.15, 0.2) is 0 Å². The Morgan fingerprint density at radius 1 is 1.20 bits per heavy atom. The maximum absolute atomic E-state index is 12.8. The third-order valence-corrected chi connectivity index (χ3v) is 6.41. The van der Waals surface area contributed by atoms with Crippen LogP contribution in [0.2, 0.25) is 0 Å². The molecule has 6 nitrogen and oxygen atoms in total. The molecular weight excluding hydrogens is 338 g/mol. The van der Waals surface area contributed by atoms with E-state index in [9.17, 15) is 13.2 Å². The van der Waals surface area contributed by atoms with Crippen molar-refractivity contribution in [3.05, 3.63) is 54.4 Å². The minimum Gasteiger partial charge on any atom is -0.322 e. The molecule has 132 valence electrons. The summed E-state index contributed by atoms with van der Waals surface area (Å²) >= 11 is 0. The number of hydrogen-bond acceptors (Lipinski definition) is 4. The Kier molecular flexibility index (Phi) is 5.15. The maximum Gasteiger partial charge on any atom is 0.257 e. The first-order valence-corrected chi connectivity index (χ1v) is 9.76. The van der Waals surface area contributed by atoms with E-state index in [1.807, 2.05) is 6.92 Å². The number of amides is 1. The number of benzene rings is 1. The molecular formula is C18H21N3O3S. The van der Waals surface area contributed by atoms with E-state index in [-0.39, 0.29) is 16.8 Å². The molecule has 1 fully saturated rings. The molecule has 0 bridgehead atoms. The van der Waals surface area contributed by atoms with Gasteiger partial charge in [-0.15, -0.1) is 0 Å². The standard InChI is InChI=1S/C18H21N3O3S/c1-14-5-2-3-12-21(14)25(23,24)17-9-7-16(8-10-17)20-18(22)15-6-4-11-19-13-15/h4,6-11,13-14H,2-3,5,12H2,1H3,(H,20,22)/t14-/m0/s1. The van der Waals surface area contributed by atoms with Gasteiger partial charge in [0.05, 0.1) is 10.5 Å². The van der Waals surface area contributed by atoms with Crippen LogP contribution in [0.25, 0.3) is 0 Å². The number of pyridine rings is 1. The van der Waals surface area contributed by atoms with Gasteiger partial charge in [-0.05, 0) is 56.2 Å². The minimum atomic E-state index is -3.50. The molecule has 2 aromatic rings. The topological polar surface area (TPSA) is 79.4 Å². The zero-order valence-corrected chi connectivity index (χ0v) is 14.9. The van der Waals surface area contributed by atoms with E-state index in [0.29, 0.717) is 17.8 Å². The molecule has 1 saturated heterocycles. The molecule has 1 N–H and O–H groups in total. The van der Waals surface area contributed by atoms with Gasteiger partial charge in [0, 0.05) is 30.7 Å². The number of carbonyl (C=O) groups is 1. The van der Waals surface area contributed by atoms with Gasteiger partial charge in [0.2, 0.25) is 10.0 Å². The van der Waals surface area contributed by atoms with E-state index in [0.717, 1.165) is 19.3 Å². The molecule has 3 rings (SSSR count). The van der Waals surface area contributed by atoms with Gasteiger partial charge in [-0.3, -0.25) is 9.78 Å². The third kappa shape index (κ3) is 3.88. The SMILES string of the molecule is C[C@H]1CCCCN1S(=O)(=O)c1ccc(NC(=O)c2cccnc2)cc1. The number of piperidine rings is 1. The summed E-state index contributed by atoms with van der Waals surface area (Å²) in [5.41, 5.74) is 0.987. The Balaban J connectivity index is 1.74. The lowest BCUT2D eigenvalue weighted by Gasteiger charge is -2.32. The molecule has 0 spiro atoms. The molecule has 0 saturated carbocycles. The average molecular weight is 359 g/mol. The lowest BCUT2D eigenvalue weighted by molar-refractivity contribution is 0.102. The van der Waals surface area contributed by atoms with Crippen LogP contribution in [0.15, 0.2) is 53.7 Å². The summed E-state index contributed by atoms with van der Waals surface area (Å²) in [6, 6.07) is 9.66. The largest absolute Gasteiger partial charge is 0.322 e.